The molecule has 0 aliphatic carbocycles. The maximum atomic E-state index is 13.8. The minimum absolute atomic E-state index is 0.223. The van der Waals surface area contributed by atoms with E-state index in [2.05, 4.69) is 15.0 Å². The molecule has 0 saturated heterocycles. The fourth-order valence-electron chi connectivity index (χ4n) is 1.84. The molecule has 7 heteroatoms. The van der Waals surface area contributed by atoms with Gasteiger partial charge in [-0.2, -0.15) is 0 Å². The number of rotatable bonds is 4. The second kappa shape index (κ2) is 6.75. The van der Waals surface area contributed by atoms with Crippen molar-refractivity contribution in [1.29, 1.82) is 0 Å². The summed E-state index contributed by atoms with van der Waals surface area (Å²) in [6.45, 7) is 0. The van der Waals surface area contributed by atoms with Crippen LogP contribution in [0.3, 0.4) is 0 Å². The van der Waals surface area contributed by atoms with E-state index in [9.17, 15) is 18.4 Å². The van der Waals surface area contributed by atoms with Gasteiger partial charge in [0.1, 0.15) is 11.6 Å². The van der Waals surface area contributed by atoms with E-state index in [1.54, 1.807) is 0 Å². The molecule has 1 unspecified atom stereocenters. The largest absolute Gasteiger partial charge is 0.467 e. The molecule has 2 rings (SSSR count). The number of esters is 1. The third kappa shape index (κ3) is 3.43. The Morgan fingerprint density at radius 2 is 1.86 bits per heavy atom. The van der Waals surface area contributed by atoms with Gasteiger partial charge < -0.3 is 10.1 Å². The molecular weight excluding hydrogens is 294 g/mol. The average Bonchev–Trinajstić information content (AvgIpc) is 2.55. The molecule has 1 aromatic carbocycles. The summed E-state index contributed by atoms with van der Waals surface area (Å²) < 4.78 is 31.7. The van der Waals surface area contributed by atoms with Crippen LogP contribution in [0.4, 0.5) is 8.78 Å². The van der Waals surface area contributed by atoms with Crippen LogP contribution >= 0.6 is 0 Å². The van der Waals surface area contributed by atoms with Crippen molar-refractivity contribution in [1.82, 2.24) is 10.3 Å². The van der Waals surface area contributed by atoms with E-state index in [0.29, 0.717) is 0 Å². The standard InChI is InChI=1S/C15H12F2N2O3/c1-22-15(21)13(11-8-10(16)2-3-12(11)17)19-14(20)9-4-6-18-7-5-9/h2-8,13H,1H3,(H,19,20). The Labute approximate surface area is 124 Å². The summed E-state index contributed by atoms with van der Waals surface area (Å²) in [4.78, 5) is 27.6. The number of carbonyl (C=O) groups is 2. The summed E-state index contributed by atoms with van der Waals surface area (Å²) >= 11 is 0. The minimum atomic E-state index is -1.46. The lowest BCUT2D eigenvalue weighted by Gasteiger charge is -2.17. The van der Waals surface area contributed by atoms with Crippen molar-refractivity contribution < 1.29 is 23.1 Å². The number of hydrogen-bond donors (Lipinski definition) is 1. The first-order valence-electron chi connectivity index (χ1n) is 6.26. The SMILES string of the molecule is COC(=O)C(NC(=O)c1ccncc1)c1cc(F)ccc1F. The number of carbonyl (C=O) groups excluding carboxylic acids is 2. The molecule has 0 spiro atoms. The molecule has 1 heterocycles. The zero-order chi connectivity index (χ0) is 16.1. The number of ether oxygens (including phenoxy) is 1. The van der Waals surface area contributed by atoms with E-state index >= 15 is 0 Å². The highest BCUT2D eigenvalue weighted by Crippen LogP contribution is 2.20. The zero-order valence-corrected chi connectivity index (χ0v) is 11.5. The number of amides is 1. The van der Waals surface area contributed by atoms with Crippen LogP contribution in [0.2, 0.25) is 0 Å². The number of hydrogen-bond acceptors (Lipinski definition) is 4. The van der Waals surface area contributed by atoms with E-state index in [0.717, 1.165) is 25.3 Å². The van der Waals surface area contributed by atoms with Crippen LogP contribution in [0.15, 0.2) is 42.7 Å². The number of nitrogens with zero attached hydrogens (tertiary/aromatic N) is 1. The molecule has 1 N–H and O–H groups in total. The van der Waals surface area contributed by atoms with Gasteiger partial charge in [0.25, 0.3) is 5.91 Å². The molecule has 0 saturated carbocycles. The van der Waals surface area contributed by atoms with Gasteiger partial charge >= 0.3 is 5.97 Å². The van der Waals surface area contributed by atoms with Crippen LogP contribution in [-0.2, 0) is 9.53 Å². The van der Waals surface area contributed by atoms with Crippen molar-refractivity contribution in [3.05, 3.63) is 65.5 Å². The summed E-state index contributed by atoms with van der Waals surface area (Å²) in [5.41, 5.74) is -0.0880. The maximum Gasteiger partial charge on any atom is 0.333 e. The molecule has 22 heavy (non-hydrogen) atoms. The molecule has 0 aliphatic rings. The van der Waals surface area contributed by atoms with Crippen molar-refractivity contribution in [2.24, 2.45) is 0 Å². The molecular formula is C15H12F2N2O3. The van der Waals surface area contributed by atoms with Crippen molar-refractivity contribution in [2.75, 3.05) is 7.11 Å². The lowest BCUT2D eigenvalue weighted by atomic mass is 10.1. The molecule has 2 aromatic rings. The molecule has 1 atom stereocenters. The Kier molecular flexibility index (Phi) is 4.77. The molecule has 0 aliphatic heterocycles. The summed E-state index contributed by atoms with van der Waals surface area (Å²) in [5, 5.41) is 2.32. The topological polar surface area (TPSA) is 68.3 Å². The van der Waals surface area contributed by atoms with Crippen molar-refractivity contribution in [3.8, 4) is 0 Å². The summed E-state index contributed by atoms with van der Waals surface area (Å²) in [6, 6.07) is 4.01. The van der Waals surface area contributed by atoms with E-state index in [4.69, 9.17) is 0 Å². The first-order valence-corrected chi connectivity index (χ1v) is 6.26. The van der Waals surface area contributed by atoms with Gasteiger partial charge in [-0.05, 0) is 30.3 Å². The smallest absolute Gasteiger partial charge is 0.333 e. The number of nitrogens with one attached hydrogen (secondary N) is 1. The molecule has 0 bridgehead atoms. The summed E-state index contributed by atoms with van der Waals surface area (Å²) in [6.07, 6.45) is 2.79. The van der Waals surface area contributed by atoms with Crippen LogP contribution in [0.1, 0.15) is 22.0 Å². The average molecular weight is 306 g/mol. The van der Waals surface area contributed by atoms with E-state index in [1.165, 1.54) is 24.5 Å². The highest BCUT2D eigenvalue weighted by atomic mass is 19.1. The number of methoxy groups -OCH3 is 1. The Hall–Kier alpha value is -2.83. The molecule has 5 nitrogen and oxygen atoms in total. The Morgan fingerprint density at radius 1 is 1.18 bits per heavy atom. The van der Waals surface area contributed by atoms with Crippen molar-refractivity contribution in [3.63, 3.8) is 0 Å². The fraction of sp³-hybridized carbons (Fsp3) is 0.133. The van der Waals surface area contributed by atoms with Gasteiger partial charge in [0.2, 0.25) is 0 Å². The monoisotopic (exact) mass is 306 g/mol. The Bertz CT molecular complexity index is 692. The highest BCUT2D eigenvalue weighted by molar-refractivity contribution is 5.96. The molecule has 1 amide bonds. The van der Waals surface area contributed by atoms with E-state index < -0.39 is 29.6 Å². The van der Waals surface area contributed by atoms with Crippen LogP contribution in [0.25, 0.3) is 0 Å². The Balaban J connectivity index is 2.33. The van der Waals surface area contributed by atoms with E-state index in [1.807, 2.05) is 0 Å². The Morgan fingerprint density at radius 3 is 2.50 bits per heavy atom. The lowest BCUT2D eigenvalue weighted by Crippen LogP contribution is -2.35. The normalized spacial score (nSPS) is 11.6. The van der Waals surface area contributed by atoms with Gasteiger partial charge in [0.05, 0.1) is 7.11 Å². The molecule has 1 aromatic heterocycles. The predicted molar refractivity (Wildman–Crippen MR) is 72.8 cm³/mol. The second-order valence-electron chi connectivity index (χ2n) is 4.33. The molecule has 114 valence electrons. The third-order valence-corrected chi connectivity index (χ3v) is 2.92. The van der Waals surface area contributed by atoms with Crippen molar-refractivity contribution in [2.45, 2.75) is 6.04 Å². The van der Waals surface area contributed by atoms with Gasteiger partial charge in [-0.3, -0.25) is 9.78 Å². The number of aromatic nitrogens is 1. The van der Waals surface area contributed by atoms with Gasteiger partial charge in [-0.25, -0.2) is 13.6 Å². The van der Waals surface area contributed by atoms with Crippen LogP contribution < -0.4 is 5.32 Å². The number of pyridine rings is 1. The van der Waals surface area contributed by atoms with Gasteiger partial charge in [-0.15, -0.1) is 0 Å². The fourth-order valence-corrected chi connectivity index (χ4v) is 1.84. The first kappa shape index (κ1) is 15.6. The van der Waals surface area contributed by atoms with Crippen LogP contribution in [-0.4, -0.2) is 24.0 Å². The zero-order valence-electron chi connectivity index (χ0n) is 11.5. The van der Waals surface area contributed by atoms with E-state index in [-0.39, 0.29) is 11.1 Å². The maximum absolute atomic E-state index is 13.8. The van der Waals surface area contributed by atoms with Crippen LogP contribution in [0.5, 0.6) is 0 Å². The van der Waals surface area contributed by atoms with Gasteiger partial charge in [0, 0.05) is 23.5 Å². The first-order chi connectivity index (χ1) is 10.5. The predicted octanol–water partition coefficient (Wildman–Crippen LogP) is 2.00. The number of benzene rings is 1. The molecule has 0 fully saturated rings. The van der Waals surface area contributed by atoms with Gasteiger partial charge in [0.15, 0.2) is 6.04 Å². The molecule has 0 radical (unpaired) electrons. The van der Waals surface area contributed by atoms with Crippen molar-refractivity contribution >= 4 is 11.9 Å². The second-order valence-corrected chi connectivity index (χ2v) is 4.33. The summed E-state index contributed by atoms with van der Waals surface area (Å²) in [7, 11) is 1.09. The summed E-state index contributed by atoms with van der Waals surface area (Å²) in [5.74, 6) is -3.11. The highest BCUT2D eigenvalue weighted by Gasteiger charge is 2.27. The lowest BCUT2D eigenvalue weighted by molar-refractivity contribution is -0.143. The van der Waals surface area contributed by atoms with Gasteiger partial charge in [-0.1, -0.05) is 0 Å². The number of halogens is 2. The quantitative estimate of drug-likeness (QED) is 0.877. The minimum Gasteiger partial charge on any atom is -0.467 e. The third-order valence-electron chi connectivity index (χ3n) is 2.92. The van der Waals surface area contributed by atoms with Crippen LogP contribution in [0, 0.1) is 11.6 Å².